The predicted molar refractivity (Wildman–Crippen MR) is 252 cm³/mol. The molecule has 2 aromatic carbocycles. The Morgan fingerprint density at radius 2 is 1.23 bits per heavy atom. The third-order valence-electron chi connectivity index (χ3n) is 12.4. The van der Waals surface area contributed by atoms with Crippen LogP contribution in [0, 0.1) is 13.8 Å². The molecular formula is C44H44Cl4N14O4. The fourth-order valence-corrected chi connectivity index (χ4v) is 10.0. The molecule has 4 aliphatic heterocycles. The molecular weight excluding hydrogens is 930 g/mol. The Kier molecular flexibility index (Phi) is 12.5. The molecule has 3 N–H and O–H groups in total. The maximum Gasteiger partial charge on any atom is 0.271 e. The smallest absolute Gasteiger partial charge is 0.271 e. The van der Waals surface area contributed by atoms with Crippen molar-refractivity contribution in [1.29, 1.82) is 0 Å². The van der Waals surface area contributed by atoms with E-state index >= 15 is 0 Å². The summed E-state index contributed by atoms with van der Waals surface area (Å²) in [4.78, 5) is 73.7. The molecule has 4 aromatic heterocycles. The number of rotatable bonds is 12. The third-order valence-corrected chi connectivity index (χ3v) is 13.5. The highest BCUT2D eigenvalue weighted by Crippen LogP contribution is 2.34. The molecule has 4 aliphatic rings. The van der Waals surface area contributed by atoms with Crippen LogP contribution in [0.4, 0.5) is 23.5 Å². The Morgan fingerprint density at radius 1 is 0.697 bits per heavy atom. The number of carbonyl (C=O) groups excluding carboxylic acids is 2. The number of amides is 2. The van der Waals surface area contributed by atoms with Gasteiger partial charge in [0.05, 0.1) is 33.8 Å². The number of halogens is 4. The lowest BCUT2D eigenvalue weighted by Crippen LogP contribution is -2.52. The van der Waals surface area contributed by atoms with Crippen LogP contribution in [-0.2, 0) is 9.59 Å². The van der Waals surface area contributed by atoms with Gasteiger partial charge in [0, 0.05) is 54.3 Å². The highest BCUT2D eigenvalue weighted by molar-refractivity contribution is 6.36. The Hall–Kier alpha value is -5.50. The van der Waals surface area contributed by atoms with Gasteiger partial charge in [-0.25, -0.2) is 29.9 Å². The molecule has 4 atom stereocenters. The third kappa shape index (κ3) is 9.26. The summed E-state index contributed by atoms with van der Waals surface area (Å²) in [6, 6.07) is 10.1. The van der Waals surface area contributed by atoms with Crippen molar-refractivity contribution in [3.63, 3.8) is 0 Å². The van der Waals surface area contributed by atoms with Gasteiger partial charge in [0.2, 0.25) is 24.1 Å². The van der Waals surface area contributed by atoms with E-state index in [9.17, 15) is 9.59 Å². The largest absolute Gasteiger partial charge is 0.474 e. The van der Waals surface area contributed by atoms with Gasteiger partial charge in [-0.3, -0.25) is 9.59 Å². The Morgan fingerprint density at radius 3 is 1.73 bits per heavy atom. The second kappa shape index (κ2) is 18.6. The van der Waals surface area contributed by atoms with Crippen molar-refractivity contribution in [3.05, 3.63) is 80.3 Å². The maximum atomic E-state index is 14.7. The average Bonchev–Trinajstić information content (AvgIpc) is 4.10. The Balaban J connectivity index is 0.941. The van der Waals surface area contributed by atoms with Crippen LogP contribution in [0.25, 0.3) is 22.3 Å². The van der Waals surface area contributed by atoms with E-state index < -0.39 is 24.0 Å². The molecule has 0 aliphatic carbocycles. The van der Waals surface area contributed by atoms with E-state index in [4.69, 9.17) is 75.8 Å². The molecule has 0 radical (unpaired) electrons. The topological polar surface area (TPSA) is 202 Å². The predicted octanol–water partition coefficient (Wildman–Crippen LogP) is 6.47. The van der Waals surface area contributed by atoms with Crippen molar-refractivity contribution >= 4 is 104 Å². The molecule has 66 heavy (non-hydrogen) atoms. The number of aromatic nitrogens is 8. The van der Waals surface area contributed by atoms with E-state index in [0.717, 1.165) is 45.4 Å². The number of fused-ring (bicyclic) bond motifs is 4. The van der Waals surface area contributed by atoms with E-state index in [0.29, 0.717) is 73.8 Å². The SMILES string of the molecule is Cc1nc(N2CCC(N3CCCC3)CC2)nc2ncc(NC(=O)C(Oc3ccc(Cl)cc3Cl)C(Oc3ccc(Cl)cc3Cl)C(=O)Nc3cnc4nc(N5CC6CC5CN6)nc(C)c4n3)nc12. The number of hydrogen-bond donors (Lipinski definition) is 3. The fourth-order valence-electron chi connectivity index (χ4n) is 9.11. The molecule has 4 unspecified atom stereocenters. The lowest BCUT2D eigenvalue weighted by molar-refractivity contribution is -0.136. The summed E-state index contributed by atoms with van der Waals surface area (Å²) in [7, 11) is 0. The number of likely N-dealkylation sites (tertiary alicyclic amines) is 1. The highest BCUT2D eigenvalue weighted by Gasteiger charge is 2.41. The zero-order chi connectivity index (χ0) is 45.6. The van der Waals surface area contributed by atoms with Crippen molar-refractivity contribution in [2.75, 3.05) is 59.7 Å². The quantitative estimate of drug-likeness (QED) is 0.120. The molecule has 6 aromatic rings. The summed E-state index contributed by atoms with van der Waals surface area (Å²) in [5.74, 6) is -0.454. The zero-order valence-corrected chi connectivity index (χ0v) is 38.9. The zero-order valence-electron chi connectivity index (χ0n) is 35.8. The van der Waals surface area contributed by atoms with E-state index in [1.807, 2.05) is 6.92 Å². The number of benzene rings is 2. The van der Waals surface area contributed by atoms with Crippen LogP contribution < -0.4 is 35.2 Å². The van der Waals surface area contributed by atoms with Crippen LogP contribution in [0.2, 0.25) is 20.1 Å². The number of aryl methyl sites for hydroxylation is 2. The molecule has 4 saturated heterocycles. The number of hydrogen-bond acceptors (Lipinski definition) is 16. The number of piperazine rings is 1. The van der Waals surface area contributed by atoms with E-state index in [1.165, 1.54) is 74.7 Å². The number of anilines is 4. The molecule has 342 valence electrons. The molecule has 18 nitrogen and oxygen atoms in total. The van der Waals surface area contributed by atoms with Crippen molar-refractivity contribution < 1.29 is 19.1 Å². The lowest BCUT2D eigenvalue weighted by atomic mass is 10.0. The van der Waals surface area contributed by atoms with Gasteiger partial charge in [0.15, 0.2) is 22.9 Å². The molecule has 4 fully saturated rings. The van der Waals surface area contributed by atoms with Crippen molar-refractivity contribution in [2.45, 2.75) is 76.3 Å². The lowest BCUT2D eigenvalue weighted by Gasteiger charge is -2.36. The monoisotopic (exact) mass is 972 g/mol. The fraction of sp³-hybridized carbons (Fsp3) is 0.409. The normalized spacial score (nSPS) is 19.7. The number of ether oxygens (including phenoxy) is 2. The van der Waals surface area contributed by atoms with Crippen molar-refractivity contribution in [1.82, 2.24) is 50.1 Å². The van der Waals surface area contributed by atoms with Crippen LogP contribution in [0.5, 0.6) is 11.5 Å². The molecule has 8 heterocycles. The number of carbonyl (C=O) groups is 2. The van der Waals surface area contributed by atoms with Crippen LogP contribution in [0.15, 0.2) is 48.8 Å². The summed E-state index contributed by atoms with van der Waals surface area (Å²) in [6.07, 6.45) is 4.82. The minimum Gasteiger partial charge on any atom is -0.474 e. The first-order valence-electron chi connectivity index (χ1n) is 21.8. The minimum atomic E-state index is -1.78. The summed E-state index contributed by atoms with van der Waals surface area (Å²) in [6.45, 7) is 9.30. The van der Waals surface area contributed by atoms with Crippen LogP contribution >= 0.6 is 46.4 Å². The van der Waals surface area contributed by atoms with E-state index in [2.05, 4.69) is 50.6 Å². The molecule has 0 spiro atoms. The van der Waals surface area contributed by atoms with E-state index in [-0.39, 0.29) is 33.2 Å². The summed E-state index contributed by atoms with van der Waals surface area (Å²) >= 11 is 25.6. The molecule has 0 saturated carbocycles. The van der Waals surface area contributed by atoms with Gasteiger partial charge in [-0.15, -0.1) is 0 Å². The standard InChI is InChI=1S/C44H44Cl4N14O4/c1-22-35-39(58-43(52-22)61-13-9-27(10-14-61)60-11-3-4-12-60)50-19-33(54-35)56-41(63)37(65-31-7-5-24(45)15-29(31)47)38(66-32-8-6-25(46)16-30(32)48)42(64)57-34-20-51-40-36(55-34)23(2)53-44(59-40)62-21-26-17-28(62)18-49-26/h5-8,15-16,19-20,26-28,37-38,49H,3-4,9-14,17-18,21H2,1-2H3,(H,54,56,63)(H,55,57,64). The first-order valence-corrected chi connectivity index (χ1v) is 23.3. The first-order chi connectivity index (χ1) is 31.9. The average molecular weight is 975 g/mol. The summed E-state index contributed by atoms with van der Waals surface area (Å²) < 4.78 is 12.6. The molecule has 10 rings (SSSR count). The number of nitrogens with one attached hydrogen (secondary N) is 3. The molecule has 2 amide bonds. The number of piperidine rings is 1. The van der Waals surface area contributed by atoms with Crippen molar-refractivity contribution in [2.24, 2.45) is 0 Å². The minimum absolute atomic E-state index is 0.0198. The van der Waals surface area contributed by atoms with Crippen molar-refractivity contribution in [3.8, 4) is 11.5 Å². The number of nitrogens with zero attached hydrogens (tertiary/aromatic N) is 11. The Bertz CT molecular complexity index is 2850. The highest BCUT2D eigenvalue weighted by atomic mass is 35.5. The van der Waals surface area contributed by atoms with Gasteiger partial charge in [0.25, 0.3) is 11.8 Å². The second-order valence-electron chi connectivity index (χ2n) is 16.9. The molecule has 2 bridgehead atoms. The second-order valence-corrected chi connectivity index (χ2v) is 18.6. The van der Waals surface area contributed by atoms with Crippen LogP contribution in [0.3, 0.4) is 0 Å². The van der Waals surface area contributed by atoms with Gasteiger partial charge in [-0.05, 0) is 95.4 Å². The maximum absolute atomic E-state index is 14.7. The molecule has 22 heteroatoms. The summed E-state index contributed by atoms with van der Waals surface area (Å²) in [5, 5.41) is 9.75. The van der Waals surface area contributed by atoms with Gasteiger partial charge in [0.1, 0.15) is 22.5 Å². The van der Waals surface area contributed by atoms with Gasteiger partial charge in [-0.2, -0.15) is 9.97 Å². The summed E-state index contributed by atoms with van der Waals surface area (Å²) in [5.41, 5.74) is 2.62. The van der Waals surface area contributed by atoms with Gasteiger partial charge >= 0.3 is 0 Å². The first kappa shape index (κ1) is 44.3. The van der Waals surface area contributed by atoms with Gasteiger partial charge in [-0.1, -0.05) is 46.4 Å². The van der Waals surface area contributed by atoms with Gasteiger partial charge < -0.3 is 40.1 Å². The van der Waals surface area contributed by atoms with E-state index in [1.54, 1.807) is 6.92 Å². The van der Waals surface area contributed by atoms with Crippen LogP contribution in [0.1, 0.15) is 43.5 Å². The van der Waals surface area contributed by atoms with Crippen LogP contribution in [-0.4, -0.2) is 126 Å². The Labute approximate surface area is 399 Å².